The van der Waals surface area contributed by atoms with Gasteiger partial charge in [0.25, 0.3) is 6.71 Å². The zero-order valence-corrected chi connectivity index (χ0v) is 40.4. The fraction of sp³-hybridized carbons (Fsp3) is 0.390. The van der Waals surface area contributed by atoms with Crippen molar-refractivity contribution in [3.05, 3.63) is 154 Å². The monoisotopic (exact) mass is 831 g/mol. The van der Waals surface area contributed by atoms with Gasteiger partial charge in [0.1, 0.15) is 11.8 Å². The largest absolute Gasteiger partial charge is 0.495 e. The molecule has 2 atom stereocenters. The number of benzene rings is 6. The zero-order valence-electron chi connectivity index (χ0n) is 40.4. The van der Waals surface area contributed by atoms with Crippen LogP contribution >= 0.6 is 0 Å². The molecule has 0 N–H and O–H groups in total. The van der Waals surface area contributed by atoms with Gasteiger partial charge in [0.05, 0.1) is 6.04 Å². The molecule has 3 aliphatic heterocycles. The summed E-state index contributed by atoms with van der Waals surface area (Å²) in [5, 5.41) is 0. The Bertz CT molecular complexity index is 2790. The van der Waals surface area contributed by atoms with Gasteiger partial charge in [-0.15, -0.1) is 0 Å². The normalized spacial score (nSPS) is 19.4. The molecule has 0 aromatic heterocycles. The van der Waals surface area contributed by atoms with E-state index in [0.29, 0.717) is 0 Å². The minimum atomic E-state index is -0.160. The summed E-state index contributed by atoms with van der Waals surface area (Å²) in [6.45, 7) is 32.8. The predicted molar refractivity (Wildman–Crippen MR) is 270 cm³/mol. The summed E-state index contributed by atoms with van der Waals surface area (Å²) < 4.78 is 7.50. The number of anilines is 5. The first kappa shape index (κ1) is 41.8. The SMILES string of the molecule is Cc1cc2c3c(c1)N(c1ccc4c(c1)C(C)(C)CCC4(C)C)C1c4cc(-c5ccc(C(C)(C)C)cc5)ccc4OC1B3c1cc(C(C)(C)C)ccc1N2c1ccc(C(C)(C)C)cc1. The van der Waals surface area contributed by atoms with Crippen molar-refractivity contribution < 1.29 is 4.74 Å². The summed E-state index contributed by atoms with van der Waals surface area (Å²) in [5.41, 5.74) is 21.2. The second kappa shape index (κ2) is 13.9. The number of ether oxygens (including phenoxy) is 1. The Kier molecular flexibility index (Phi) is 9.21. The Hall–Kier alpha value is -5.22. The fourth-order valence-electron chi connectivity index (χ4n) is 11.3. The lowest BCUT2D eigenvalue weighted by atomic mass is 9.32. The molecule has 322 valence electrons. The van der Waals surface area contributed by atoms with E-state index in [1.54, 1.807) is 0 Å². The number of aryl methyl sites for hydroxylation is 1. The van der Waals surface area contributed by atoms with Gasteiger partial charge in [0, 0.05) is 34.0 Å². The second-order valence-corrected chi connectivity index (χ2v) is 23.8. The van der Waals surface area contributed by atoms with E-state index in [4.69, 9.17) is 4.74 Å². The minimum Gasteiger partial charge on any atom is -0.495 e. The molecule has 4 heteroatoms. The van der Waals surface area contributed by atoms with E-state index >= 15 is 0 Å². The topological polar surface area (TPSA) is 15.7 Å². The highest BCUT2D eigenvalue weighted by Crippen LogP contribution is 2.55. The average Bonchev–Trinajstić information content (AvgIpc) is 3.59. The van der Waals surface area contributed by atoms with Crippen LogP contribution in [-0.4, -0.2) is 12.7 Å². The van der Waals surface area contributed by atoms with Crippen molar-refractivity contribution >= 4 is 46.1 Å². The van der Waals surface area contributed by atoms with E-state index in [-0.39, 0.29) is 45.8 Å². The lowest BCUT2D eigenvalue weighted by Gasteiger charge is -2.49. The van der Waals surface area contributed by atoms with Crippen LogP contribution in [0.2, 0.25) is 0 Å². The first-order chi connectivity index (χ1) is 29.5. The molecular formula is C59H67BN2O. The Morgan fingerprint density at radius 2 is 1.10 bits per heavy atom. The highest BCUT2D eigenvalue weighted by Gasteiger charge is 2.55. The third-order valence-electron chi connectivity index (χ3n) is 15.3. The number of fused-ring (bicyclic) bond motifs is 7. The molecule has 2 unspecified atom stereocenters. The van der Waals surface area contributed by atoms with Crippen molar-refractivity contribution in [1.82, 2.24) is 0 Å². The van der Waals surface area contributed by atoms with Gasteiger partial charge in [-0.1, -0.05) is 151 Å². The average molecular weight is 831 g/mol. The van der Waals surface area contributed by atoms with Gasteiger partial charge in [-0.2, -0.15) is 0 Å². The molecule has 0 radical (unpaired) electrons. The van der Waals surface area contributed by atoms with Crippen LogP contribution in [0.1, 0.15) is 148 Å². The van der Waals surface area contributed by atoms with Gasteiger partial charge in [0.2, 0.25) is 0 Å². The highest BCUT2D eigenvalue weighted by molar-refractivity contribution is 6.91. The molecule has 0 saturated carbocycles. The van der Waals surface area contributed by atoms with Crippen molar-refractivity contribution in [2.45, 2.75) is 149 Å². The van der Waals surface area contributed by atoms with Crippen molar-refractivity contribution in [2.75, 3.05) is 9.80 Å². The summed E-state index contributed by atoms with van der Waals surface area (Å²) in [5.74, 6) is 0.990. The van der Waals surface area contributed by atoms with Crippen LogP contribution in [0.25, 0.3) is 11.1 Å². The van der Waals surface area contributed by atoms with Crippen LogP contribution in [0, 0.1) is 6.92 Å². The molecule has 0 saturated heterocycles. The van der Waals surface area contributed by atoms with Crippen LogP contribution in [0.15, 0.2) is 115 Å². The van der Waals surface area contributed by atoms with Crippen LogP contribution in [0.5, 0.6) is 5.75 Å². The molecule has 10 rings (SSSR count). The van der Waals surface area contributed by atoms with Gasteiger partial charge >= 0.3 is 0 Å². The van der Waals surface area contributed by atoms with E-state index in [2.05, 4.69) is 222 Å². The van der Waals surface area contributed by atoms with Gasteiger partial charge in [0.15, 0.2) is 0 Å². The molecule has 0 amide bonds. The third-order valence-corrected chi connectivity index (χ3v) is 15.3. The Labute approximate surface area is 379 Å². The van der Waals surface area contributed by atoms with Gasteiger partial charge in [-0.25, -0.2) is 0 Å². The molecule has 1 aliphatic carbocycles. The third kappa shape index (κ3) is 6.76. The summed E-state index contributed by atoms with van der Waals surface area (Å²) in [6, 6.07) is 45.0. The molecule has 6 aromatic rings. The van der Waals surface area contributed by atoms with E-state index in [9.17, 15) is 0 Å². The molecule has 0 bridgehead atoms. The van der Waals surface area contributed by atoms with Gasteiger partial charge in [-0.05, 0) is 157 Å². The lowest BCUT2D eigenvalue weighted by Crippen LogP contribution is -2.65. The Balaban J connectivity index is 1.24. The maximum Gasteiger partial charge on any atom is 0.267 e. The van der Waals surface area contributed by atoms with Crippen molar-refractivity contribution in [3.8, 4) is 16.9 Å². The summed E-state index contributed by atoms with van der Waals surface area (Å²) >= 11 is 0. The first-order valence-corrected chi connectivity index (χ1v) is 23.6. The molecule has 0 spiro atoms. The Morgan fingerprint density at radius 1 is 0.540 bits per heavy atom. The van der Waals surface area contributed by atoms with Crippen molar-refractivity contribution in [1.29, 1.82) is 0 Å². The minimum absolute atomic E-state index is 0.00849. The van der Waals surface area contributed by atoms with Crippen molar-refractivity contribution in [2.24, 2.45) is 0 Å². The molecular weight excluding hydrogens is 763 g/mol. The zero-order chi connectivity index (χ0) is 44.8. The summed E-state index contributed by atoms with van der Waals surface area (Å²) in [7, 11) is 0. The molecule has 6 aromatic carbocycles. The molecule has 4 aliphatic rings. The smallest absolute Gasteiger partial charge is 0.267 e. The predicted octanol–water partition coefficient (Wildman–Crippen LogP) is 14.5. The van der Waals surface area contributed by atoms with E-state index < -0.39 is 0 Å². The maximum atomic E-state index is 7.50. The molecule has 3 nitrogen and oxygen atoms in total. The molecule has 3 heterocycles. The number of hydrogen-bond acceptors (Lipinski definition) is 3. The van der Waals surface area contributed by atoms with Crippen LogP contribution in [0.3, 0.4) is 0 Å². The highest BCUT2D eigenvalue weighted by atomic mass is 16.5. The van der Waals surface area contributed by atoms with Crippen LogP contribution in [-0.2, 0) is 27.1 Å². The van der Waals surface area contributed by atoms with Crippen LogP contribution < -0.4 is 25.5 Å². The maximum absolute atomic E-state index is 7.50. The van der Waals surface area contributed by atoms with E-state index in [0.717, 1.165) is 5.75 Å². The standard InChI is InChI=1S/C59H67BN2O/c1-36-31-49-52-50(32-36)62(43-25-26-45-46(35-43)59(13,14)30-29-58(45,11)12)53-44-33-38(37-15-18-39(19-16-37)55(2,3)4)17-28-51(44)63-54(53)60(52)47-34-41(57(8,9)10)22-27-48(47)61(49)42-23-20-40(21-24-42)56(5,6)7/h15-28,31-35,53-54H,29-30H2,1-14H3. The molecule has 0 fully saturated rings. The number of rotatable bonds is 3. The quantitative estimate of drug-likeness (QED) is 0.165. The fourth-order valence-corrected chi connectivity index (χ4v) is 11.3. The Morgan fingerprint density at radius 3 is 1.73 bits per heavy atom. The van der Waals surface area contributed by atoms with Gasteiger partial charge < -0.3 is 14.5 Å². The summed E-state index contributed by atoms with van der Waals surface area (Å²) in [4.78, 5) is 5.25. The first-order valence-electron chi connectivity index (χ1n) is 23.6. The lowest BCUT2D eigenvalue weighted by molar-refractivity contribution is 0.282. The van der Waals surface area contributed by atoms with Crippen molar-refractivity contribution in [3.63, 3.8) is 0 Å². The number of hydrogen-bond donors (Lipinski definition) is 0. The second-order valence-electron chi connectivity index (χ2n) is 23.8. The molecule has 63 heavy (non-hydrogen) atoms. The van der Waals surface area contributed by atoms with Crippen LogP contribution in [0.4, 0.5) is 28.4 Å². The number of nitrogens with zero attached hydrogens (tertiary/aromatic N) is 2. The summed E-state index contributed by atoms with van der Waals surface area (Å²) in [6.07, 6.45) is 2.36. The van der Waals surface area contributed by atoms with E-state index in [1.807, 2.05) is 0 Å². The van der Waals surface area contributed by atoms with E-state index in [1.165, 1.54) is 102 Å². The van der Waals surface area contributed by atoms with Gasteiger partial charge in [-0.3, -0.25) is 0 Å².